The van der Waals surface area contributed by atoms with Crippen LogP contribution in [-0.4, -0.2) is 26.4 Å². The predicted molar refractivity (Wildman–Crippen MR) is 90.4 cm³/mol. The normalized spacial score (nSPS) is 9.83. The number of amides is 1. The van der Waals surface area contributed by atoms with Gasteiger partial charge < -0.3 is 14.8 Å². The number of carbonyl (C=O) groups excluding carboxylic acids is 1. The molecule has 0 bridgehead atoms. The van der Waals surface area contributed by atoms with Gasteiger partial charge in [0.15, 0.2) is 0 Å². The van der Waals surface area contributed by atoms with E-state index in [4.69, 9.17) is 9.47 Å². The number of methoxy groups -OCH3 is 2. The van der Waals surface area contributed by atoms with E-state index >= 15 is 0 Å². The highest BCUT2D eigenvalue weighted by Crippen LogP contribution is 2.30. The van der Waals surface area contributed by atoms with Gasteiger partial charge in [0.2, 0.25) is 0 Å². The number of nitriles is 1. The first kappa shape index (κ1) is 16.7. The first-order valence-electron chi connectivity index (χ1n) is 6.75. The number of nitrogens with zero attached hydrogens (tertiary/aromatic N) is 1. The third-order valence-corrected chi connectivity index (χ3v) is 4.03. The minimum atomic E-state index is -0.361. The zero-order valence-electron chi connectivity index (χ0n) is 13.0. The molecule has 0 unspecified atom stereocenters. The molecule has 23 heavy (non-hydrogen) atoms. The maximum Gasteiger partial charge on any atom is 0.263 e. The fraction of sp³-hybridized carbons (Fsp3) is 0.176. The van der Waals surface area contributed by atoms with Crippen LogP contribution in [0.2, 0.25) is 0 Å². The van der Waals surface area contributed by atoms with Crippen LogP contribution in [0.15, 0.2) is 41.3 Å². The quantitative estimate of drug-likeness (QED) is 0.850. The molecule has 0 aliphatic heterocycles. The maximum absolute atomic E-state index is 12.6. The van der Waals surface area contributed by atoms with E-state index < -0.39 is 0 Å². The van der Waals surface area contributed by atoms with Gasteiger partial charge in [-0.3, -0.25) is 4.79 Å². The van der Waals surface area contributed by atoms with E-state index in [1.165, 1.54) is 26.0 Å². The van der Waals surface area contributed by atoms with Crippen LogP contribution in [0.4, 0.5) is 5.69 Å². The van der Waals surface area contributed by atoms with E-state index in [0.717, 1.165) is 4.90 Å². The van der Waals surface area contributed by atoms with E-state index in [1.54, 1.807) is 36.4 Å². The summed E-state index contributed by atoms with van der Waals surface area (Å²) in [7, 11) is 2.99. The molecule has 1 amide bonds. The molecule has 1 N–H and O–H groups in total. The fourth-order valence-electron chi connectivity index (χ4n) is 2.14. The number of ether oxygens (including phenoxy) is 2. The predicted octanol–water partition coefficient (Wildman–Crippen LogP) is 3.55. The van der Waals surface area contributed by atoms with Gasteiger partial charge in [0.1, 0.15) is 23.1 Å². The highest BCUT2D eigenvalue weighted by Gasteiger charge is 2.18. The van der Waals surface area contributed by atoms with Gasteiger partial charge in [0.25, 0.3) is 5.91 Å². The van der Waals surface area contributed by atoms with Crippen molar-refractivity contribution in [1.82, 2.24) is 0 Å². The van der Waals surface area contributed by atoms with Crippen LogP contribution in [0, 0.1) is 11.3 Å². The Kier molecular flexibility index (Phi) is 5.50. The molecule has 0 atom stereocenters. The van der Waals surface area contributed by atoms with Gasteiger partial charge in [-0.25, -0.2) is 0 Å². The molecule has 0 fully saturated rings. The van der Waals surface area contributed by atoms with E-state index in [9.17, 15) is 10.1 Å². The molecule has 6 heteroatoms. The van der Waals surface area contributed by atoms with Crippen LogP contribution in [0.5, 0.6) is 11.5 Å². The van der Waals surface area contributed by atoms with Crippen LogP contribution in [-0.2, 0) is 0 Å². The highest BCUT2D eigenvalue weighted by atomic mass is 32.2. The van der Waals surface area contributed by atoms with Gasteiger partial charge in [-0.15, -0.1) is 11.8 Å². The summed E-state index contributed by atoms with van der Waals surface area (Å²) in [5.41, 5.74) is 1.37. The summed E-state index contributed by atoms with van der Waals surface area (Å²) >= 11 is 1.48. The van der Waals surface area contributed by atoms with Crippen LogP contribution in [0.25, 0.3) is 0 Å². The first-order chi connectivity index (χ1) is 11.1. The van der Waals surface area contributed by atoms with Crippen molar-refractivity contribution in [3.63, 3.8) is 0 Å². The third-order valence-electron chi connectivity index (χ3n) is 3.23. The van der Waals surface area contributed by atoms with E-state index in [0.29, 0.717) is 28.3 Å². The Morgan fingerprint density at radius 3 is 2.35 bits per heavy atom. The van der Waals surface area contributed by atoms with Crippen molar-refractivity contribution in [2.75, 3.05) is 25.8 Å². The zero-order chi connectivity index (χ0) is 16.8. The summed E-state index contributed by atoms with van der Waals surface area (Å²) in [5.74, 6) is 0.478. The maximum atomic E-state index is 12.6. The average molecular weight is 328 g/mol. The summed E-state index contributed by atoms with van der Waals surface area (Å²) in [6, 6.07) is 12.5. The molecule has 5 nitrogen and oxygen atoms in total. The Morgan fingerprint density at radius 1 is 1.17 bits per heavy atom. The Morgan fingerprint density at radius 2 is 1.83 bits per heavy atom. The van der Waals surface area contributed by atoms with Crippen LogP contribution in [0.1, 0.15) is 15.9 Å². The number of nitrogens with one attached hydrogen (secondary N) is 1. The molecule has 0 aliphatic rings. The molecule has 0 saturated heterocycles. The minimum absolute atomic E-state index is 0.310. The molecule has 0 aliphatic carbocycles. The van der Waals surface area contributed by atoms with Crippen molar-refractivity contribution in [1.29, 1.82) is 5.26 Å². The summed E-state index contributed by atoms with van der Waals surface area (Å²) < 4.78 is 10.5. The van der Waals surface area contributed by atoms with E-state index in [2.05, 4.69) is 11.4 Å². The lowest BCUT2D eigenvalue weighted by molar-refractivity contribution is 0.102. The van der Waals surface area contributed by atoms with Crippen LogP contribution >= 0.6 is 11.8 Å². The van der Waals surface area contributed by atoms with Crippen molar-refractivity contribution in [2.24, 2.45) is 0 Å². The van der Waals surface area contributed by atoms with Gasteiger partial charge in [-0.2, -0.15) is 5.26 Å². The first-order valence-corrected chi connectivity index (χ1v) is 7.97. The molecular formula is C17H16N2O3S. The SMILES string of the molecule is COc1cccc(OC)c1C(=O)Nc1ccc(SC)c(C#N)c1. The van der Waals surface area contributed by atoms with Gasteiger partial charge >= 0.3 is 0 Å². The summed E-state index contributed by atoms with van der Waals surface area (Å²) in [6.45, 7) is 0. The van der Waals surface area contributed by atoms with Crippen LogP contribution in [0.3, 0.4) is 0 Å². The van der Waals surface area contributed by atoms with Gasteiger partial charge in [-0.1, -0.05) is 6.07 Å². The Labute approximate surface area is 139 Å². The number of benzene rings is 2. The van der Waals surface area contributed by atoms with Gasteiger partial charge in [-0.05, 0) is 36.6 Å². The molecule has 2 aromatic rings. The fourth-order valence-corrected chi connectivity index (χ4v) is 2.67. The smallest absolute Gasteiger partial charge is 0.263 e. The largest absolute Gasteiger partial charge is 0.496 e. The van der Waals surface area contributed by atoms with Crippen molar-refractivity contribution >= 4 is 23.4 Å². The average Bonchev–Trinajstić information content (AvgIpc) is 2.60. The molecule has 2 aromatic carbocycles. The third kappa shape index (κ3) is 3.58. The Hall–Kier alpha value is -2.65. The van der Waals surface area contributed by atoms with Crippen molar-refractivity contribution in [3.8, 4) is 17.6 Å². The number of anilines is 1. The van der Waals surface area contributed by atoms with Gasteiger partial charge in [0.05, 0.1) is 19.8 Å². The standard InChI is InChI=1S/C17H16N2O3S/c1-21-13-5-4-6-14(22-2)16(13)17(20)19-12-7-8-15(23-3)11(9-12)10-18/h4-9H,1-3H3,(H,19,20). The summed E-state index contributed by atoms with van der Waals surface area (Å²) in [5, 5.41) is 11.9. The molecule has 0 spiro atoms. The van der Waals surface area contributed by atoms with Crippen molar-refractivity contribution in [3.05, 3.63) is 47.5 Å². The zero-order valence-corrected chi connectivity index (χ0v) is 13.9. The molecule has 118 valence electrons. The monoisotopic (exact) mass is 328 g/mol. The lowest BCUT2D eigenvalue weighted by Crippen LogP contribution is -2.14. The van der Waals surface area contributed by atoms with Crippen molar-refractivity contribution in [2.45, 2.75) is 4.90 Å². The molecule has 0 radical (unpaired) electrons. The molecule has 2 rings (SSSR count). The van der Waals surface area contributed by atoms with E-state index in [1.807, 2.05) is 6.26 Å². The number of carbonyl (C=O) groups is 1. The Bertz CT molecular complexity index is 747. The number of thioether (sulfide) groups is 1. The molecule has 0 aromatic heterocycles. The molecular weight excluding hydrogens is 312 g/mol. The van der Waals surface area contributed by atoms with Crippen LogP contribution < -0.4 is 14.8 Å². The lowest BCUT2D eigenvalue weighted by atomic mass is 10.1. The second kappa shape index (κ2) is 7.56. The number of rotatable bonds is 5. The Balaban J connectivity index is 2.35. The number of hydrogen-bond donors (Lipinski definition) is 1. The second-order valence-corrected chi connectivity index (χ2v) is 5.37. The molecule has 0 saturated carbocycles. The second-order valence-electron chi connectivity index (χ2n) is 4.52. The number of hydrogen-bond acceptors (Lipinski definition) is 5. The summed E-state index contributed by atoms with van der Waals surface area (Å²) in [6.07, 6.45) is 1.90. The molecule has 0 heterocycles. The summed E-state index contributed by atoms with van der Waals surface area (Å²) in [4.78, 5) is 13.4. The van der Waals surface area contributed by atoms with E-state index in [-0.39, 0.29) is 5.91 Å². The minimum Gasteiger partial charge on any atom is -0.496 e. The lowest BCUT2D eigenvalue weighted by Gasteiger charge is -2.13. The topological polar surface area (TPSA) is 71.3 Å². The highest BCUT2D eigenvalue weighted by molar-refractivity contribution is 7.98. The van der Waals surface area contributed by atoms with Crippen molar-refractivity contribution < 1.29 is 14.3 Å². The van der Waals surface area contributed by atoms with Gasteiger partial charge in [0, 0.05) is 10.6 Å².